The molecule has 1 saturated heterocycles. The van der Waals surface area contributed by atoms with E-state index in [-0.39, 0.29) is 24.4 Å². The minimum absolute atomic E-state index is 0.00814. The molecule has 1 amide bonds. The molecule has 0 bridgehead atoms. The van der Waals surface area contributed by atoms with Crippen LogP contribution >= 0.6 is 11.6 Å². The predicted molar refractivity (Wildman–Crippen MR) is 114 cm³/mol. The highest BCUT2D eigenvalue weighted by Gasteiger charge is 2.42. The minimum Gasteiger partial charge on any atom is -0.490 e. The largest absolute Gasteiger partial charge is 0.490 e. The van der Waals surface area contributed by atoms with Crippen molar-refractivity contribution in [2.45, 2.75) is 37.6 Å². The lowest BCUT2D eigenvalue weighted by atomic mass is 9.84. The second kappa shape index (κ2) is 9.12. The van der Waals surface area contributed by atoms with Crippen molar-refractivity contribution in [1.29, 1.82) is 0 Å². The molecule has 2 aliphatic heterocycles. The normalized spacial score (nSPS) is 18.7. The number of β-amino-alcohol motifs (C(OH)–C–C–N with tert-alkyl or cyclic N) is 1. The van der Waals surface area contributed by atoms with Crippen LogP contribution in [0.1, 0.15) is 29.5 Å². The van der Waals surface area contributed by atoms with Gasteiger partial charge in [-0.3, -0.25) is 4.79 Å². The number of piperidine rings is 1. The van der Waals surface area contributed by atoms with Crippen molar-refractivity contribution in [2.75, 3.05) is 26.2 Å². The number of hydrogen-bond acceptors (Lipinski definition) is 5. The number of nitrogens with zero attached hydrogens (tertiary/aromatic N) is 1. The Morgan fingerprint density at radius 1 is 1.29 bits per heavy atom. The third-order valence-electron chi connectivity index (χ3n) is 6.02. The number of amides is 1. The number of ether oxygens (including phenoxy) is 2. The van der Waals surface area contributed by atoms with Gasteiger partial charge in [0.1, 0.15) is 24.3 Å². The van der Waals surface area contributed by atoms with E-state index in [0.29, 0.717) is 23.7 Å². The number of benzene rings is 2. The van der Waals surface area contributed by atoms with Crippen molar-refractivity contribution in [1.82, 2.24) is 4.90 Å². The highest BCUT2D eigenvalue weighted by atomic mass is 35.5. The van der Waals surface area contributed by atoms with Crippen LogP contribution in [0.25, 0.3) is 0 Å². The predicted octanol–water partition coefficient (Wildman–Crippen LogP) is 2.77. The highest BCUT2D eigenvalue weighted by molar-refractivity contribution is 6.30. The molecule has 8 heteroatoms. The molecule has 2 aromatic rings. The first-order valence-electron chi connectivity index (χ1n) is 10.4. The molecular formula is C23H26ClFN2O4. The van der Waals surface area contributed by atoms with E-state index in [9.17, 15) is 14.3 Å². The van der Waals surface area contributed by atoms with Crippen molar-refractivity contribution in [3.63, 3.8) is 0 Å². The Kier molecular flexibility index (Phi) is 6.48. The molecule has 0 aliphatic carbocycles. The zero-order valence-electron chi connectivity index (χ0n) is 17.2. The molecule has 31 heavy (non-hydrogen) atoms. The highest BCUT2D eigenvalue weighted by Crippen LogP contribution is 2.44. The van der Waals surface area contributed by atoms with E-state index in [0.717, 1.165) is 25.9 Å². The van der Waals surface area contributed by atoms with Crippen LogP contribution in [-0.4, -0.2) is 48.3 Å². The first kappa shape index (κ1) is 22.0. The average molecular weight is 449 g/mol. The molecule has 1 atom stereocenters. The quantitative estimate of drug-likeness (QED) is 0.680. The summed E-state index contributed by atoms with van der Waals surface area (Å²) in [6.07, 6.45) is 0.831. The van der Waals surface area contributed by atoms with Crippen molar-refractivity contribution in [2.24, 2.45) is 5.73 Å². The van der Waals surface area contributed by atoms with Crippen molar-refractivity contribution in [3.05, 3.63) is 63.9 Å². The van der Waals surface area contributed by atoms with E-state index in [1.807, 2.05) is 18.2 Å². The van der Waals surface area contributed by atoms with Crippen molar-refractivity contribution >= 4 is 17.5 Å². The van der Waals surface area contributed by atoms with E-state index in [1.54, 1.807) is 0 Å². The van der Waals surface area contributed by atoms with E-state index >= 15 is 0 Å². The molecule has 6 nitrogen and oxygen atoms in total. The summed E-state index contributed by atoms with van der Waals surface area (Å²) in [6, 6.07) is 9.85. The van der Waals surface area contributed by atoms with Crippen LogP contribution in [0.2, 0.25) is 5.02 Å². The van der Waals surface area contributed by atoms with E-state index in [2.05, 4.69) is 4.90 Å². The number of aliphatic hydroxyl groups is 1. The SMILES string of the molecule is NC(=O)Cc1ccc(F)cc1OC[C@@H](O)CN1CCC2(CC1)OCc1ccc(Cl)cc12. The van der Waals surface area contributed by atoms with Gasteiger partial charge in [0.05, 0.1) is 18.6 Å². The maximum atomic E-state index is 13.6. The van der Waals surface area contributed by atoms with Gasteiger partial charge in [-0.05, 0) is 42.2 Å². The fraction of sp³-hybridized carbons (Fsp3) is 0.435. The maximum Gasteiger partial charge on any atom is 0.221 e. The number of aliphatic hydroxyl groups excluding tert-OH is 1. The third-order valence-corrected chi connectivity index (χ3v) is 6.26. The fourth-order valence-corrected chi connectivity index (χ4v) is 4.61. The molecule has 1 fully saturated rings. The molecular weight excluding hydrogens is 423 g/mol. The number of fused-ring (bicyclic) bond motifs is 2. The summed E-state index contributed by atoms with van der Waals surface area (Å²) in [5, 5.41) is 11.2. The Morgan fingerprint density at radius 3 is 2.81 bits per heavy atom. The molecule has 0 unspecified atom stereocenters. The minimum atomic E-state index is -0.759. The molecule has 3 N–H and O–H groups in total. The average Bonchev–Trinajstić information content (AvgIpc) is 3.07. The second-order valence-corrected chi connectivity index (χ2v) is 8.68. The monoisotopic (exact) mass is 448 g/mol. The van der Waals surface area contributed by atoms with Gasteiger partial charge in [-0.1, -0.05) is 23.7 Å². The molecule has 166 valence electrons. The summed E-state index contributed by atoms with van der Waals surface area (Å²) in [6.45, 7) is 2.57. The van der Waals surface area contributed by atoms with Gasteiger partial charge < -0.3 is 25.2 Å². The number of rotatable bonds is 7. The Labute approximate surface area is 185 Å². The zero-order valence-corrected chi connectivity index (χ0v) is 17.9. The molecule has 0 aromatic heterocycles. The third kappa shape index (κ3) is 5.01. The van der Waals surface area contributed by atoms with Gasteiger partial charge in [-0.2, -0.15) is 0 Å². The number of carbonyl (C=O) groups is 1. The summed E-state index contributed by atoms with van der Waals surface area (Å²) < 4.78 is 25.4. The lowest BCUT2D eigenvalue weighted by Crippen LogP contribution is -2.46. The first-order chi connectivity index (χ1) is 14.8. The molecule has 4 rings (SSSR count). The van der Waals surface area contributed by atoms with Gasteiger partial charge in [0.15, 0.2) is 0 Å². The maximum absolute atomic E-state index is 13.6. The summed E-state index contributed by atoms with van der Waals surface area (Å²) in [5.74, 6) is -0.782. The Bertz CT molecular complexity index is 963. The lowest BCUT2D eigenvalue weighted by Gasteiger charge is -2.39. The Hall–Kier alpha value is -2.19. The number of hydrogen-bond donors (Lipinski definition) is 2. The van der Waals surface area contributed by atoms with Crippen LogP contribution in [0.5, 0.6) is 5.75 Å². The van der Waals surface area contributed by atoms with Crippen LogP contribution < -0.4 is 10.5 Å². The van der Waals surface area contributed by atoms with Gasteiger partial charge in [-0.25, -0.2) is 4.39 Å². The molecule has 0 radical (unpaired) electrons. The Morgan fingerprint density at radius 2 is 2.06 bits per heavy atom. The second-order valence-electron chi connectivity index (χ2n) is 8.25. The zero-order chi connectivity index (χ0) is 22.0. The van der Waals surface area contributed by atoms with Gasteiger partial charge in [0.2, 0.25) is 5.91 Å². The van der Waals surface area contributed by atoms with Crippen LogP contribution in [0.4, 0.5) is 4.39 Å². The van der Waals surface area contributed by atoms with Crippen molar-refractivity contribution < 1.29 is 23.8 Å². The van der Waals surface area contributed by atoms with Gasteiger partial charge in [0.25, 0.3) is 0 Å². The summed E-state index contributed by atoms with van der Waals surface area (Å²) in [5.41, 5.74) is 7.80. The first-order valence-corrected chi connectivity index (χ1v) is 10.8. The standard InChI is InChI=1S/C23H26ClFN2O4/c24-17-3-1-16-13-31-23(20(16)10-17)5-7-27(8-6-23)12-19(28)14-30-21-11-18(25)4-2-15(21)9-22(26)29/h1-4,10-11,19,28H,5-9,12-14H2,(H2,26,29)/t19-/m0/s1. The van der Waals surface area contributed by atoms with Crippen molar-refractivity contribution in [3.8, 4) is 5.75 Å². The van der Waals surface area contributed by atoms with E-state index in [4.69, 9.17) is 26.8 Å². The van der Waals surface area contributed by atoms with E-state index in [1.165, 1.54) is 29.3 Å². The van der Waals surface area contributed by atoms with Crippen LogP contribution in [-0.2, 0) is 28.2 Å². The van der Waals surface area contributed by atoms with E-state index < -0.39 is 17.8 Å². The van der Waals surface area contributed by atoms with Crippen LogP contribution in [0, 0.1) is 5.82 Å². The Balaban J connectivity index is 1.31. The smallest absolute Gasteiger partial charge is 0.221 e. The molecule has 0 saturated carbocycles. The summed E-state index contributed by atoms with van der Waals surface area (Å²) in [7, 11) is 0. The lowest BCUT2D eigenvalue weighted by molar-refractivity contribution is -0.117. The topological polar surface area (TPSA) is 85.0 Å². The molecule has 2 aromatic carbocycles. The summed E-state index contributed by atoms with van der Waals surface area (Å²) in [4.78, 5) is 13.4. The molecule has 2 aliphatic rings. The number of carbonyl (C=O) groups excluding carboxylic acids is 1. The van der Waals surface area contributed by atoms with Gasteiger partial charge in [-0.15, -0.1) is 0 Å². The van der Waals surface area contributed by atoms with Crippen LogP contribution in [0.15, 0.2) is 36.4 Å². The van der Waals surface area contributed by atoms with Gasteiger partial charge in [0, 0.05) is 36.3 Å². The van der Waals surface area contributed by atoms with Gasteiger partial charge >= 0.3 is 0 Å². The molecule has 1 spiro atoms. The fourth-order valence-electron chi connectivity index (χ4n) is 4.44. The van der Waals surface area contributed by atoms with Crippen LogP contribution in [0.3, 0.4) is 0 Å². The number of primary amides is 1. The number of nitrogens with two attached hydrogens (primary N) is 1. The molecule has 2 heterocycles. The number of halogens is 2. The summed E-state index contributed by atoms with van der Waals surface area (Å²) >= 11 is 6.20. The number of likely N-dealkylation sites (tertiary alicyclic amines) is 1.